The van der Waals surface area contributed by atoms with Crippen LogP contribution in [0.5, 0.6) is 5.75 Å². The normalized spacial score (nSPS) is 27.8. The van der Waals surface area contributed by atoms with E-state index in [9.17, 15) is 13.2 Å². The van der Waals surface area contributed by atoms with Gasteiger partial charge in [0.25, 0.3) is 0 Å². The smallest absolute Gasteiger partial charge is 0.242 e. The van der Waals surface area contributed by atoms with Gasteiger partial charge < -0.3 is 10.1 Å². The first-order valence-corrected chi connectivity index (χ1v) is 9.75. The summed E-state index contributed by atoms with van der Waals surface area (Å²) in [6.07, 6.45) is 0.422. The van der Waals surface area contributed by atoms with E-state index in [1.165, 1.54) is 0 Å². The van der Waals surface area contributed by atoms with Crippen LogP contribution in [0.15, 0.2) is 53.4 Å². The van der Waals surface area contributed by atoms with Crippen LogP contribution >= 0.6 is 0 Å². The first kappa shape index (κ1) is 16.1. The molecule has 1 fully saturated rings. The van der Waals surface area contributed by atoms with Crippen molar-refractivity contribution in [3.8, 4) is 5.75 Å². The van der Waals surface area contributed by atoms with E-state index >= 15 is 0 Å². The van der Waals surface area contributed by atoms with Crippen LogP contribution in [0.1, 0.15) is 30.4 Å². The van der Waals surface area contributed by atoms with Crippen molar-refractivity contribution >= 4 is 15.7 Å². The molecule has 1 N–H and O–H groups in total. The quantitative estimate of drug-likeness (QED) is 0.896. The summed E-state index contributed by atoms with van der Waals surface area (Å²) in [5.74, 6) is -0.311. The monoisotopic (exact) mass is 357 g/mol. The van der Waals surface area contributed by atoms with E-state index in [0.717, 1.165) is 11.1 Å². The predicted octanol–water partition coefficient (Wildman–Crippen LogP) is 2.55. The van der Waals surface area contributed by atoms with Crippen molar-refractivity contribution in [3.05, 3.63) is 59.7 Å². The number of aryl methyl sites for hydroxylation is 1. The van der Waals surface area contributed by atoms with Crippen molar-refractivity contribution in [1.29, 1.82) is 0 Å². The van der Waals surface area contributed by atoms with Gasteiger partial charge in [0.1, 0.15) is 5.75 Å². The molecule has 2 aromatic carbocycles. The minimum Gasteiger partial charge on any atom is -0.468 e. The summed E-state index contributed by atoms with van der Waals surface area (Å²) in [5, 5.41) is 1.60. The van der Waals surface area contributed by atoms with E-state index < -0.39 is 32.6 Å². The summed E-state index contributed by atoms with van der Waals surface area (Å²) in [5.41, 5.74) is 0.863. The summed E-state index contributed by atoms with van der Waals surface area (Å²) < 4.78 is 32.4. The molecule has 6 heteroatoms. The highest BCUT2D eigenvalue weighted by Gasteiger charge is 2.53. The number of sulfone groups is 1. The van der Waals surface area contributed by atoms with E-state index in [1.54, 1.807) is 31.2 Å². The van der Waals surface area contributed by atoms with Crippen LogP contribution in [0, 0.1) is 6.92 Å². The van der Waals surface area contributed by atoms with E-state index in [4.69, 9.17) is 4.74 Å². The van der Waals surface area contributed by atoms with E-state index in [0.29, 0.717) is 12.2 Å². The summed E-state index contributed by atoms with van der Waals surface area (Å²) >= 11 is 0. The van der Waals surface area contributed by atoms with Crippen molar-refractivity contribution in [2.45, 2.75) is 42.1 Å². The second kappa shape index (κ2) is 5.33. The predicted molar refractivity (Wildman–Crippen MR) is 93.1 cm³/mol. The Morgan fingerprint density at radius 2 is 1.80 bits per heavy atom. The van der Waals surface area contributed by atoms with Crippen molar-refractivity contribution in [1.82, 2.24) is 5.32 Å². The molecular formula is C19H19NO4S. The Labute approximate surface area is 146 Å². The van der Waals surface area contributed by atoms with Gasteiger partial charge in [0.2, 0.25) is 5.91 Å². The minimum absolute atomic E-state index is 0.172. The van der Waals surface area contributed by atoms with Gasteiger partial charge in [-0.25, -0.2) is 8.42 Å². The maximum atomic E-state index is 13.2. The lowest BCUT2D eigenvalue weighted by Gasteiger charge is -2.46. The van der Waals surface area contributed by atoms with Gasteiger partial charge in [-0.3, -0.25) is 4.79 Å². The molecule has 0 aliphatic carbocycles. The molecule has 130 valence electrons. The molecule has 2 aliphatic rings. The molecule has 0 saturated carbocycles. The molecule has 1 saturated heterocycles. The zero-order chi connectivity index (χ0) is 17.8. The topological polar surface area (TPSA) is 72.5 Å². The molecule has 25 heavy (non-hydrogen) atoms. The van der Waals surface area contributed by atoms with Crippen LogP contribution < -0.4 is 10.1 Å². The highest BCUT2D eigenvalue weighted by molar-refractivity contribution is 7.92. The molecule has 2 heterocycles. The molecule has 1 amide bonds. The van der Waals surface area contributed by atoms with Gasteiger partial charge in [-0.1, -0.05) is 35.9 Å². The summed E-state index contributed by atoms with van der Waals surface area (Å²) in [7, 11) is -3.82. The van der Waals surface area contributed by atoms with Crippen LogP contribution in [0.25, 0.3) is 0 Å². The molecule has 5 nitrogen and oxygen atoms in total. The molecule has 0 spiro atoms. The second-order valence-corrected chi connectivity index (χ2v) is 9.02. The van der Waals surface area contributed by atoms with Gasteiger partial charge in [0.15, 0.2) is 20.8 Å². The third-order valence-electron chi connectivity index (χ3n) is 4.96. The number of hydrogen-bond donors (Lipinski definition) is 1. The van der Waals surface area contributed by atoms with Crippen molar-refractivity contribution in [3.63, 3.8) is 0 Å². The Bertz CT molecular complexity index is 952. The lowest BCUT2D eigenvalue weighted by Crippen LogP contribution is -2.63. The summed E-state index contributed by atoms with van der Waals surface area (Å²) in [6.45, 7) is 3.67. The van der Waals surface area contributed by atoms with Crippen LogP contribution in [-0.2, 0) is 14.6 Å². The van der Waals surface area contributed by atoms with Gasteiger partial charge in [-0.05, 0) is 37.6 Å². The van der Waals surface area contributed by atoms with Crippen LogP contribution in [0.4, 0.5) is 0 Å². The van der Waals surface area contributed by atoms with Gasteiger partial charge in [0, 0.05) is 12.3 Å². The van der Waals surface area contributed by atoms with E-state index in [2.05, 4.69) is 5.32 Å². The van der Waals surface area contributed by atoms with Gasteiger partial charge in [-0.15, -0.1) is 0 Å². The van der Waals surface area contributed by atoms with Crippen LogP contribution in [0.2, 0.25) is 0 Å². The Hall–Kier alpha value is -2.34. The number of para-hydroxylation sites is 1. The summed E-state index contributed by atoms with van der Waals surface area (Å²) in [4.78, 5) is 12.9. The second-order valence-electron chi connectivity index (χ2n) is 6.95. The number of carbonyl (C=O) groups excluding carboxylic acids is 1. The Kier molecular flexibility index (Phi) is 3.44. The number of rotatable bonds is 2. The van der Waals surface area contributed by atoms with Gasteiger partial charge >= 0.3 is 0 Å². The molecule has 3 atom stereocenters. The van der Waals surface area contributed by atoms with E-state index in [-0.39, 0.29) is 4.90 Å². The average Bonchev–Trinajstić information content (AvgIpc) is 2.54. The third kappa shape index (κ3) is 2.52. The zero-order valence-electron chi connectivity index (χ0n) is 14.0. The Balaban J connectivity index is 1.85. The fourth-order valence-electron chi connectivity index (χ4n) is 3.79. The van der Waals surface area contributed by atoms with Gasteiger partial charge in [0.05, 0.1) is 4.90 Å². The van der Waals surface area contributed by atoms with Crippen LogP contribution in [-0.4, -0.2) is 25.3 Å². The number of ether oxygens (including phenoxy) is 1. The minimum atomic E-state index is -3.82. The number of carbonyl (C=O) groups is 1. The SMILES string of the molecule is Cc1ccc(S(=O)(=O)[C@H]2C(=O)N[C@@]3(C)C[C@H]2c2ccccc2O3)cc1. The number of hydrogen-bond acceptors (Lipinski definition) is 4. The van der Waals surface area contributed by atoms with Crippen molar-refractivity contribution in [2.24, 2.45) is 0 Å². The Morgan fingerprint density at radius 3 is 2.52 bits per heavy atom. The highest BCUT2D eigenvalue weighted by atomic mass is 32.2. The molecule has 2 aliphatic heterocycles. The molecule has 0 unspecified atom stereocenters. The fourth-order valence-corrected chi connectivity index (χ4v) is 5.61. The molecular weight excluding hydrogens is 338 g/mol. The highest BCUT2D eigenvalue weighted by Crippen LogP contribution is 2.46. The van der Waals surface area contributed by atoms with Crippen LogP contribution in [0.3, 0.4) is 0 Å². The maximum absolute atomic E-state index is 13.2. The molecule has 2 aromatic rings. The third-order valence-corrected chi connectivity index (χ3v) is 7.10. The number of amides is 1. The van der Waals surface area contributed by atoms with Gasteiger partial charge in [-0.2, -0.15) is 0 Å². The number of fused-ring (bicyclic) bond motifs is 4. The largest absolute Gasteiger partial charge is 0.468 e. The first-order chi connectivity index (χ1) is 11.8. The first-order valence-electron chi connectivity index (χ1n) is 8.21. The zero-order valence-corrected chi connectivity index (χ0v) is 14.8. The number of piperidine rings is 1. The molecule has 0 aromatic heterocycles. The standard InChI is InChI=1S/C19H19NO4S/c1-12-7-9-13(10-8-12)25(22,23)17-15-11-19(2,20-18(17)21)24-16-6-4-3-5-14(15)16/h3-10,15,17H,11H2,1-2H3,(H,20,21)/t15-,17+,19+/m0/s1. The van der Waals surface area contributed by atoms with Crippen molar-refractivity contribution < 1.29 is 17.9 Å². The average molecular weight is 357 g/mol. The molecule has 0 radical (unpaired) electrons. The molecule has 2 bridgehead atoms. The number of benzene rings is 2. The van der Waals surface area contributed by atoms with E-state index in [1.807, 2.05) is 31.2 Å². The maximum Gasteiger partial charge on any atom is 0.242 e. The van der Waals surface area contributed by atoms with Crippen molar-refractivity contribution in [2.75, 3.05) is 0 Å². The Morgan fingerprint density at radius 1 is 1.12 bits per heavy atom. The lowest BCUT2D eigenvalue weighted by atomic mass is 9.81. The number of nitrogens with one attached hydrogen (secondary N) is 1. The summed E-state index contributed by atoms with van der Waals surface area (Å²) in [6, 6.07) is 14.0. The lowest BCUT2D eigenvalue weighted by molar-refractivity contribution is -0.132. The fraction of sp³-hybridized carbons (Fsp3) is 0.316. The molecule has 4 rings (SSSR count).